The van der Waals surface area contributed by atoms with Gasteiger partial charge in [-0.25, -0.2) is 4.79 Å². The third-order valence-corrected chi connectivity index (χ3v) is 4.50. The molecule has 2 atom stereocenters. The van der Waals surface area contributed by atoms with Gasteiger partial charge >= 0.3 is 6.03 Å². The van der Waals surface area contributed by atoms with Gasteiger partial charge in [0.25, 0.3) is 5.91 Å². The number of nitrogens with zero attached hydrogens (tertiary/aromatic N) is 1. The Kier molecular flexibility index (Phi) is 5.77. The molecule has 1 aromatic carbocycles. The monoisotopic (exact) mass is 318 g/mol. The third kappa shape index (κ3) is 4.10. The van der Waals surface area contributed by atoms with Gasteiger partial charge in [-0.2, -0.15) is 0 Å². The molecule has 0 radical (unpaired) electrons. The Morgan fingerprint density at radius 3 is 2.39 bits per heavy atom. The van der Waals surface area contributed by atoms with E-state index in [-0.39, 0.29) is 24.0 Å². The quantitative estimate of drug-likeness (QED) is 0.834. The van der Waals surface area contributed by atoms with Crippen LogP contribution < -0.4 is 10.6 Å². The van der Waals surface area contributed by atoms with Crippen LogP contribution in [0, 0.1) is 5.92 Å². The first kappa shape index (κ1) is 17.5. The number of nitrogens with two attached hydrogens (primary N) is 1. The second-order valence-electron chi connectivity index (χ2n) is 6.57. The summed E-state index contributed by atoms with van der Waals surface area (Å²) in [6.07, 6.45) is 1.02. The number of imide groups is 1. The van der Waals surface area contributed by atoms with Crippen LogP contribution in [0.25, 0.3) is 0 Å². The number of benzene rings is 1. The number of urea groups is 1. The maximum Gasteiger partial charge on any atom is 0.324 e. The first-order chi connectivity index (χ1) is 10.9. The number of carbonyl (C=O) groups is 2. The molecule has 0 bridgehead atoms. The molecule has 1 aromatic rings. The van der Waals surface area contributed by atoms with Crippen molar-refractivity contribution in [1.29, 1.82) is 0 Å². The van der Waals surface area contributed by atoms with Crippen molar-refractivity contribution in [2.24, 2.45) is 5.92 Å². The van der Waals surface area contributed by atoms with Gasteiger partial charge in [-0.15, -0.1) is 0 Å². The van der Waals surface area contributed by atoms with E-state index >= 15 is 0 Å². The summed E-state index contributed by atoms with van der Waals surface area (Å²) in [7, 11) is 0. The smallest absolute Gasteiger partial charge is 0.324 e. The topological polar surface area (TPSA) is 66.0 Å². The molecule has 0 unspecified atom stereocenters. The summed E-state index contributed by atoms with van der Waals surface area (Å²) in [6.45, 7) is 9.35. The van der Waals surface area contributed by atoms with Gasteiger partial charge in [0.1, 0.15) is 6.04 Å². The predicted molar refractivity (Wildman–Crippen MR) is 89.9 cm³/mol. The zero-order chi connectivity index (χ0) is 17.0. The van der Waals surface area contributed by atoms with Crippen molar-refractivity contribution < 1.29 is 14.9 Å². The SMILES string of the molecule is CCc1ccc([C@H]([NH2+][C@@H](C)C(=O)N2CCNC2=O)C(C)C)cc1. The largest absolute Gasteiger partial charge is 0.336 e. The summed E-state index contributed by atoms with van der Waals surface area (Å²) < 4.78 is 0. The number of carbonyl (C=O) groups excluding carboxylic acids is 2. The first-order valence-electron chi connectivity index (χ1n) is 8.47. The second-order valence-corrected chi connectivity index (χ2v) is 6.57. The molecule has 126 valence electrons. The van der Waals surface area contributed by atoms with Gasteiger partial charge in [0.15, 0.2) is 6.04 Å². The maximum absolute atomic E-state index is 12.5. The highest BCUT2D eigenvalue weighted by Crippen LogP contribution is 2.19. The number of rotatable bonds is 6. The van der Waals surface area contributed by atoms with Gasteiger partial charge in [-0.3, -0.25) is 9.69 Å². The van der Waals surface area contributed by atoms with Gasteiger partial charge in [0.2, 0.25) is 0 Å². The molecule has 2 rings (SSSR count). The first-order valence-corrected chi connectivity index (χ1v) is 8.47. The highest BCUT2D eigenvalue weighted by molar-refractivity contribution is 5.97. The highest BCUT2D eigenvalue weighted by atomic mass is 16.2. The van der Waals surface area contributed by atoms with Gasteiger partial charge < -0.3 is 10.6 Å². The Labute approximate surface area is 138 Å². The lowest BCUT2D eigenvalue weighted by molar-refractivity contribution is -0.719. The van der Waals surface area contributed by atoms with Crippen molar-refractivity contribution in [3.05, 3.63) is 35.4 Å². The Morgan fingerprint density at radius 1 is 1.26 bits per heavy atom. The molecule has 23 heavy (non-hydrogen) atoms. The van der Waals surface area contributed by atoms with Crippen LogP contribution in [-0.2, 0) is 11.2 Å². The summed E-state index contributed by atoms with van der Waals surface area (Å²) in [5.41, 5.74) is 2.54. The molecule has 5 nitrogen and oxygen atoms in total. The number of quaternary nitrogens is 1. The zero-order valence-electron chi connectivity index (χ0n) is 14.5. The summed E-state index contributed by atoms with van der Waals surface area (Å²) in [5.74, 6) is 0.279. The van der Waals surface area contributed by atoms with Crippen LogP contribution in [0.15, 0.2) is 24.3 Å². The van der Waals surface area contributed by atoms with E-state index in [9.17, 15) is 9.59 Å². The minimum Gasteiger partial charge on any atom is -0.336 e. The summed E-state index contributed by atoms with van der Waals surface area (Å²) in [4.78, 5) is 25.5. The van der Waals surface area contributed by atoms with Gasteiger partial charge in [-0.05, 0) is 18.9 Å². The van der Waals surface area contributed by atoms with E-state index in [1.807, 2.05) is 6.92 Å². The fourth-order valence-corrected chi connectivity index (χ4v) is 3.01. The van der Waals surface area contributed by atoms with Crippen molar-refractivity contribution in [3.63, 3.8) is 0 Å². The lowest BCUT2D eigenvalue weighted by Crippen LogP contribution is -2.93. The van der Waals surface area contributed by atoms with Crippen LogP contribution in [-0.4, -0.2) is 36.0 Å². The Hall–Kier alpha value is -1.88. The lowest BCUT2D eigenvalue weighted by Gasteiger charge is -2.25. The third-order valence-electron chi connectivity index (χ3n) is 4.50. The molecular formula is C18H28N3O2+. The fourth-order valence-electron chi connectivity index (χ4n) is 3.01. The number of aryl methyl sites for hydroxylation is 1. The van der Waals surface area contributed by atoms with Crippen LogP contribution in [0.4, 0.5) is 4.79 Å². The summed E-state index contributed by atoms with van der Waals surface area (Å²) in [6, 6.07) is 8.25. The molecule has 1 fully saturated rings. The molecule has 0 aliphatic carbocycles. The molecule has 1 aliphatic heterocycles. The Bertz CT molecular complexity index is 554. The van der Waals surface area contributed by atoms with Gasteiger partial charge in [0.05, 0.1) is 0 Å². The number of nitrogens with one attached hydrogen (secondary N) is 1. The molecule has 0 aromatic heterocycles. The molecule has 0 saturated carbocycles. The van der Waals surface area contributed by atoms with Crippen molar-refractivity contribution in [1.82, 2.24) is 10.2 Å². The molecular weight excluding hydrogens is 290 g/mol. The van der Waals surface area contributed by atoms with Crippen molar-refractivity contribution in [2.45, 2.75) is 46.2 Å². The van der Waals surface area contributed by atoms with E-state index in [0.29, 0.717) is 19.0 Å². The molecule has 1 heterocycles. The fraction of sp³-hybridized carbons (Fsp3) is 0.556. The van der Waals surface area contributed by atoms with Crippen LogP contribution in [0.5, 0.6) is 0 Å². The van der Waals surface area contributed by atoms with Gasteiger partial charge in [0, 0.05) is 24.6 Å². The lowest BCUT2D eigenvalue weighted by atomic mass is 9.94. The number of hydrogen-bond acceptors (Lipinski definition) is 2. The Morgan fingerprint density at radius 2 is 1.91 bits per heavy atom. The number of amides is 3. The average Bonchev–Trinajstić information content (AvgIpc) is 2.97. The van der Waals surface area contributed by atoms with Gasteiger partial charge in [-0.1, -0.05) is 45.0 Å². The van der Waals surface area contributed by atoms with E-state index in [2.05, 4.69) is 55.7 Å². The van der Waals surface area contributed by atoms with Crippen LogP contribution in [0.2, 0.25) is 0 Å². The van der Waals surface area contributed by atoms with Crippen LogP contribution in [0.1, 0.15) is 44.9 Å². The summed E-state index contributed by atoms with van der Waals surface area (Å²) >= 11 is 0. The number of hydrogen-bond donors (Lipinski definition) is 2. The van der Waals surface area contributed by atoms with Crippen LogP contribution in [0.3, 0.4) is 0 Å². The molecule has 3 amide bonds. The van der Waals surface area contributed by atoms with E-state index < -0.39 is 0 Å². The zero-order valence-corrected chi connectivity index (χ0v) is 14.5. The predicted octanol–water partition coefficient (Wildman–Crippen LogP) is 1.45. The van der Waals surface area contributed by atoms with Crippen LogP contribution >= 0.6 is 0 Å². The van der Waals surface area contributed by atoms with E-state index in [4.69, 9.17) is 0 Å². The van der Waals surface area contributed by atoms with E-state index in [1.54, 1.807) is 0 Å². The molecule has 0 spiro atoms. The minimum atomic E-state index is -0.280. The standard InChI is InChI=1S/C18H27N3O2/c1-5-14-6-8-15(9-7-14)16(12(2)3)20-13(4)17(22)21-11-10-19-18(21)23/h6-9,12-13,16,20H,5,10-11H2,1-4H3,(H,19,23)/p+1/t13-,16+/m0/s1. The van der Waals surface area contributed by atoms with Crippen molar-refractivity contribution in [3.8, 4) is 0 Å². The summed E-state index contributed by atoms with van der Waals surface area (Å²) in [5, 5.41) is 4.76. The molecule has 3 N–H and O–H groups in total. The van der Waals surface area contributed by atoms with E-state index in [1.165, 1.54) is 16.0 Å². The highest BCUT2D eigenvalue weighted by Gasteiger charge is 2.33. The molecule has 1 aliphatic rings. The average molecular weight is 318 g/mol. The normalized spacial score (nSPS) is 17.3. The van der Waals surface area contributed by atoms with Crippen molar-refractivity contribution >= 4 is 11.9 Å². The Balaban J connectivity index is 2.08. The second kappa shape index (κ2) is 7.59. The van der Waals surface area contributed by atoms with Crippen molar-refractivity contribution in [2.75, 3.05) is 13.1 Å². The maximum atomic E-state index is 12.5. The molecule has 5 heteroatoms. The van der Waals surface area contributed by atoms with E-state index in [0.717, 1.165) is 6.42 Å². The molecule has 1 saturated heterocycles. The minimum absolute atomic E-state index is 0.115.